The highest BCUT2D eigenvalue weighted by Gasteiger charge is 2.06. The van der Waals surface area contributed by atoms with Crippen molar-refractivity contribution in [1.29, 1.82) is 0 Å². The Morgan fingerprint density at radius 1 is 1.21 bits per heavy atom. The number of pyridine rings is 1. The zero-order chi connectivity index (χ0) is 13.8. The predicted octanol–water partition coefficient (Wildman–Crippen LogP) is 3.13. The van der Waals surface area contributed by atoms with Crippen LogP contribution in [0.15, 0.2) is 36.7 Å². The molecule has 0 radical (unpaired) electrons. The van der Waals surface area contributed by atoms with E-state index in [2.05, 4.69) is 4.98 Å². The molecule has 0 aliphatic heterocycles. The highest BCUT2D eigenvalue weighted by atomic mass is 19.1. The Morgan fingerprint density at radius 2 is 2.00 bits per heavy atom. The third-order valence-corrected chi connectivity index (χ3v) is 2.69. The van der Waals surface area contributed by atoms with Gasteiger partial charge in [-0.15, -0.1) is 0 Å². The van der Waals surface area contributed by atoms with Crippen molar-refractivity contribution >= 4 is 0 Å². The van der Waals surface area contributed by atoms with Crippen LogP contribution < -0.4 is 10.5 Å². The molecule has 0 amide bonds. The van der Waals surface area contributed by atoms with Crippen molar-refractivity contribution in [3.05, 3.63) is 48.0 Å². The molecular formula is C15H17FN2O. The van der Waals surface area contributed by atoms with E-state index >= 15 is 0 Å². The number of ether oxygens (including phenoxy) is 1. The summed E-state index contributed by atoms with van der Waals surface area (Å²) in [5.74, 6) is 0.381. The Balaban J connectivity index is 2.33. The van der Waals surface area contributed by atoms with Gasteiger partial charge in [0.15, 0.2) is 0 Å². The number of nitrogens with zero attached hydrogens (tertiary/aromatic N) is 1. The van der Waals surface area contributed by atoms with E-state index in [1.807, 2.05) is 26.0 Å². The predicted molar refractivity (Wildman–Crippen MR) is 73.3 cm³/mol. The van der Waals surface area contributed by atoms with Gasteiger partial charge in [0.25, 0.3) is 0 Å². The first-order chi connectivity index (χ1) is 9.10. The van der Waals surface area contributed by atoms with Crippen LogP contribution in [0.4, 0.5) is 4.39 Å². The van der Waals surface area contributed by atoms with Crippen molar-refractivity contribution in [3.63, 3.8) is 0 Å². The Morgan fingerprint density at radius 3 is 2.63 bits per heavy atom. The van der Waals surface area contributed by atoms with Gasteiger partial charge >= 0.3 is 0 Å². The topological polar surface area (TPSA) is 48.1 Å². The molecule has 3 nitrogen and oxygen atoms in total. The van der Waals surface area contributed by atoms with Crippen molar-refractivity contribution in [1.82, 2.24) is 4.98 Å². The van der Waals surface area contributed by atoms with E-state index in [0.29, 0.717) is 11.3 Å². The van der Waals surface area contributed by atoms with E-state index < -0.39 is 0 Å². The summed E-state index contributed by atoms with van der Waals surface area (Å²) in [6.45, 7) is 4.09. The molecule has 0 spiro atoms. The largest absolute Gasteiger partial charge is 0.489 e. The van der Waals surface area contributed by atoms with Crippen molar-refractivity contribution in [2.75, 3.05) is 0 Å². The van der Waals surface area contributed by atoms with Crippen molar-refractivity contribution in [3.8, 4) is 16.9 Å². The van der Waals surface area contributed by atoms with Gasteiger partial charge in [0.05, 0.1) is 12.3 Å². The van der Waals surface area contributed by atoms with Crippen LogP contribution >= 0.6 is 0 Å². The van der Waals surface area contributed by atoms with Crippen molar-refractivity contribution in [2.45, 2.75) is 26.5 Å². The number of aromatic nitrogens is 1. The van der Waals surface area contributed by atoms with Gasteiger partial charge in [0, 0.05) is 23.9 Å². The lowest BCUT2D eigenvalue weighted by Crippen LogP contribution is -2.05. The second-order valence-electron chi connectivity index (χ2n) is 4.59. The fraction of sp³-hybridized carbons (Fsp3) is 0.267. The van der Waals surface area contributed by atoms with Crippen LogP contribution in [-0.4, -0.2) is 11.1 Å². The molecule has 0 atom stereocenters. The van der Waals surface area contributed by atoms with E-state index in [1.54, 1.807) is 18.5 Å². The number of nitrogens with two attached hydrogens (primary N) is 1. The molecule has 19 heavy (non-hydrogen) atoms. The molecule has 0 unspecified atom stereocenters. The van der Waals surface area contributed by atoms with Crippen LogP contribution in [0.5, 0.6) is 5.75 Å². The molecule has 0 saturated carbocycles. The van der Waals surface area contributed by atoms with Gasteiger partial charge in [0.2, 0.25) is 0 Å². The maximum atomic E-state index is 13.7. The Kier molecular flexibility index (Phi) is 4.12. The molecular weight excluding hydrogens is 243 g/mol. The molecule has 0 saturated heterocycles. The Bertz CT molecular complexity index is 570. The Hall–Kier alpha value is -1.94. The van der Waals surface area contributed by atoms with Crippen molar-refractivity contribution in [2.24, 2.45) is 5.73 Å². The maximum absolute atomic E-state index is 13.7. The second kappa shape index (κ2) is 5.80. The van der Waals surface area contributed by atoms with E-state index in [4.69, 9.17) is 10.5 Å². The summed E-state index contributed by atoms with van der Waals surface area (Å²) in [5.41, 5.74) is 7.53. The van der Waals surface area contributed by atoms with Crippen LogP contribution in [0.3, 0.4) is 0 Å². The molecule has 2 aromatic rings. The average Bonchev–Trinajstić information content (AvgIpc) is 2.38. The summed E-state index contributed by atoms with van der Waals surface area (Å²) in [4.78, 5) is 4.11. The van der Waals surface area contributed by atoms with Gasteiger partial charge in [-0.3, -0.25) is 4.98 Å². The monoisotopic (exact) mass is 260 g/mol. The molecule has 1 heterocycles. The molecule has 0 aliphatic carbocycles. The smallest absolute Gasteiger partial charge is 0.138 e. The fourth-order valence-electron chi connectivity index (χ4n) is 1.81. The number of hydrogen-bond donors (Lipinski definition) is 1. The standard InChI is InChI=1S/C15H17FN2O/c1-10(2)19-14-5-13(8-18-9-14)11-3-4-12(7-17)15(16)6-11/h3-6,8-10H,7,17H2,1-2H3. The second-order valence-corrected chi connectivity index (χ2v) is 4.59. The third-order valence-electron chi connectivity index (χ3n) is 2.69. The Labute approximate surface area is 112 Å². The minimum absolute atomic E-state index is 0.0772. The lowest BCUT2D eigenvalue weighted by atomic mass is 10.0. The number of hydrogen-bond acceptors (Lipinski definition) is 3. The average molecular weight is 260 g/mol. The lowest BCUT2D eigenvalue weighted by Gasteiger charge is -2.11. The maximum Gasteiger partial charge on any atom is 0.138 e. The summed E-state index contributed by atoms with van der Waals surface area (Å²) >= 11 is 0. The third kappa shape index (κ3) is 3.29. The number of rotatable bonds is 4. The first-order valence-corrected chi connectivity index (χ1v) is 6.20. The van der Waals surface area contributed by atoms with Gasteiger partial charge < -0.3 is 10.5 Å². The SMILES string of the molecule is CC(C)Oc1cncc(-c2ccc(CN)c(F)c2)c1. The van der Waals surface area contributed by atoms with Crippen LogP contribution in [0.25, 0.3) is 11.1 Å². The number of halogens is 1. The fourth-order valence-corrected chi connectivity index (χ4v) is 1.81. The number of benzene rings is 1. The summed E-state index contributed by atoms with van der Waals surface area (Å²) in [6.07, 6.45) is 3.41. The highest BCUT2D eigenvalue weighted by molar-refractivity contribution is 5.64. The zero-order valence-corrected chi connectivity index (χ0v) is 11.1. The van der Waals surface area contributed by atoms with Crippen LogP contribution in [0, 0.1) is 5.82 Å². The summed E-state index contributed by atoms with van der Waals surface area (Å²) in [5, 5.41) is 0. The summed E-state index contributed by atoms with van der Waals surface area (Å²) < 4.78 is 19.3. The molecule has 4 heteroatoms. The molecule has 1 aromatic heterocycles. The van der Waals surface area contributed by atoms with E-state index in [1.165, 1.54) is 6.07 Å². The molecule has 1 aromatic carbocycles. The summed E-state index contributed by atoms with van der Waals surface area (Å²) in [6, 6.07) is 6.85. The first kappa shape index (κ1) is 13.5. The minimum Gasteiger partial charge on any atom is -0.489 e. The van der Waals surface area contributed by atoms with E-state index in [-0.39, 0.29) is 18.5 Å². The molecule has 100 valence electrons. The van der Waals surface area contributed by atoms with Gasteiger partial charge in [-0.2, -0.15) is 0 Å². The molecule has 0 fully saturated rings. The first-order valence-electron chi connectivity index (χ1n) is 6.20. The normalized spacial score (nSPS) is 10.8. The van der Waals surface area contributed by atoms with E-state index in [0.717, 1.165) is 11.1 Å². The molecule has 0 bridgehead atoms. The van der Waals surface area contributed by atoms with Crippen LogP contribution in [-0.2, 0) is 6.54 Å². The van der Waals surface area contributed by atoms with Crippen molar-refractivity contribution < 1.29 is 9.13 Å². The molecule has 0 aliphatic rings. The van der Waals surface area contributed by atoms with E-state index in [9.17, 15) is 4.39 Å². The highest BCUT2D eigenvalue weighted by Crippen LogP contribution is 2.24. The van der Waals surface area contributed by atoms with Crippen LogP contribution in [0.1, 0.15) is 19.4 Å². The van der Waals surface area contributed by atoms with Gasteiger partial charge in [0.1, 0.15) is 11.6 Å². The minimum atomic E-state index is -0.296. The van der Waals surface area contributed by atoms with Gasteiger partial charge in [-0.1, -0.05) is 12.1 Å². The molecule has 2 rings (SSSR count). The molecule has 2 N–H and O–H groups in total. The van der Waals surface area contributed by atoms with Crippen LogP contribution in [0.2, 0.25) is 0 Å². The van der Waals surface area contributed by atoms with Gasteiger partial charge in [-0.05, 0) is 31.5 Å². The lowest BCUT2D eigenvalue weighted by molar-refractivity contribution is 0.241. The van der Waals surface area contributed by atoms with Gasteiger partial charge in [-0.25, -0.2) is 4.39 Å². The summed E-state index contributed by atoms with van der Waals surface area (Å²) in [7, 11) is 0. The zero-order valence-electron chi connectivity index (χ0n) is 11.1. The quantitative estimate of drug-likeness (QED) is 0.918.